The normalized spacial score (nSPS) is 19.5. The van der Waals surface area contributed by atoms with Crippen LogP contribution >= 0.6 is 0 Å². The summed E-state index contributed by atoms with van der Waals surface area (Å²) in [6.45, 7) is 3.29. The summed E-state index contributed by atoms with van der Waals surface area (Å²) in [5.41, 5.74) is 2.25. The van der Waals surface area contributed by atoms with E-state index in [-0.39, 0.29) is 6.10 Å². The molecule has 20 heteroatoms. The molecule has 2 aromatic heterocycles. The maximum atomic E-state index is 10.6. The topological polar surface area (TPSA) is 159 Å². The smallest absolute Gasteiger partial charge is 0.475 e. The predicted molar refractivity (Wildman–Crippen MR) is 136 cm³/mol. The van der Waals surface area contributed by atoms with Gasteiger partial charge in [-0.1, -0.05) is 12.1 Å². The van der Waals surface area contributed by atoms with E-state index in [1.165, 1.54) is 6.42 Å². The van der Waals surface area contributed by atoms with E-state index in [1.807, 2.05) is 30.6 Å². The maximum absolute atomic E-state index is 10.6. The molecule has 0 radical (unpaired) electrons. The molecule has 4 heterocycles. The van der Waals surface area contributed by atoms with E-state index in [2.05, 4.69) is 27.0 Å². The van der Waals surface area contributed by atoms with Gasteiger partial charge in [0.15, 0.2) is 0 Å². The Balaban J connectivity index is 0.000000413. The number of nitrogens with zero attached hydrogens (tertiary/aromatic N) is 3. The van der Waals surface area contributed by atoms with E-state index in [0.717, 1.165) is 37.2 Å². The van der Waals surface area contributed by atoms with E-state index in [4.69, 9.17) is 39.2 Å². The fourth-order valence-electron chi connectivity index (χ4n) is 3.90. The van der Waals surface area contributed by atoms with Gasteiger partial charge in [-0.2, -0.15) is 39.5 Å². The Bertz CT molecular complexity index is 1160. The number of aromatic nitrogens is 2. The average Bonchev–Trinajstić information content (AvgIpc) is 3.35. The summed E-state index contributed by atoms with van der Waals surface area (Å²) in [7, 11) is 0. The number of aliphatic carboxylic acids is 3. The minimum atomic E-state index is -5.08. The number of alkyl halides is 9. The van der Waals surface area contributed by atoms with Crippen LogP contribution in [0.25, 0.3) is 0 Å². The van der Waals surface area contributed by atoms with E-state index >= 15 is 0 Å². The lowest BCUT2D eigenvalue weighted by Crippen LogP contribution is -2.43. The van der Waals surface area contributed by atoms with Gasteiger partial charge >= 0.3 is 36.4 Å². The number of carboxylic acid groups (broad SMARTS) is 3. The molecule has 0 saturated carbocycles. The molecular weight excluding hydrogens is 653 g/mol. The number of ether oxygens (including phenoxy) is 2. The van der Waals surface area contributed by atoms with Gasteiger partial charge in [-0.05, 0) is 43.0 Å². The van der Waals surface area contributed by atoms with Crippen LogP contribution in [0.4, 0.5) is 39.5 Å². The first kappa shape index (κ1) is 40.0. The number of hydrogen-bond donors (Lipinski definition) is 3. The zero-order valence-corrected chi connectivity index (χ0v) is 23.4. The Kier molecular flexibility index (Phi) is 15.8. The van der Waals surface area contributed by atoms with E-state index in [1.54, 1.807) is 6.20 Å². The standard InChI is InChI=1S/C20H25N3O2.3C2HF3O2/c1-2-10-22-17(5-1)13-23-11-8-20-19(23)7-6-18(25-20)15-24-14-16-4-3-9-21-12-16;3*3-2(4,5)1(6)7/h1-5,9-10,12,18-20H,6-8,11,13-15H2;3*(H,6,7)/t18-,19+,20+;;;/m1.../s1. The third-order valence-corrected chi connectivity index (χ3v) is 5.86. The number of hydrogen-bond acceptors (Lipinski definition) is 8. The summed E-state index contributed by atoms with van der Waals surface area (Å²) in [5.74, 6) is -8.27. The van der Waals surface area contributed by atoms with Gasteiger partial charge in [-0.25, -0.2) is 14.4 Å². The molecule has 2 saturated heterocycles. The van der Waals surface area contributed by atoms with Gasteiger partial charge in [-0.3, -0.25) is 14.9 Å². The van der Waals surface area contributed by atoms with Gasteiger partial charge in [-0.15, -0.1) is 0 Å². The monoisotopic (exact) mass is 681 g/mol. The van der Waals surface area contributed by atoms with Crippen molar-refractivity contribution in [3.05, 3.63) is 60.2 Å². The maximum Gasteiger partial charge on any atom is 0.490 e. The lowest BCUT2D eigenvalue weighted by Gasteiger charge is -2.35. The number of pyridine rings is 2. The van der Waals surface area contributed by atoms with Crippen molar-refractivity contribution >= 4 is 17.9 Å². The Labute approximate surface area is 254 Å². The third-order valence-electron chi connectivity index (χ3n) is 5.86. The molecule has 0 amide bonds. The molecule has 2 aliphatic rings. The van der Waals surface area contributed by atoms with Crippen molar-refractivity contribution in [3.8, 4) is 0 Å². The van der Waals surface area contributed by atoms with E-state index < -0.39 is 36.4 Å². The molecule has 0 aliphatic carbocycles. The van der Waals surface area contributed by atoms with Crippen LogP contribution in [0.5, 0.6) is 0 Å². The second-order valence-corrected chi connectivity index (χ2v) is 9.31. The van der Waals surface area contributed by atoms with Crippen molar-refractivity contribution in [1.82, 2.24) is 14.9 Å². The van der Waals surface area contributed by atoms with Gasteiger partial charge in [0.25, 0.3) is 0 Å². The minimum absolute atomic E-state index is 0.215. The van der Waals surface area contributed by atoms with Gasteiger partial charge in [0.1, 0.15) is 0 Å². The van der Waals surface area contributed by atoms with Crippen molar-refractivity contribution in [3.63, 3.8) is 0 Å². The van der Waals surface area contributed by atoms with Gasteiger partial charge in [0, 0.05) is 37.7 Å². The van der Waals surface area contributed by atoms with Crippen LogP contribution in [0.1, 0.15) is 30.5 Å². The van der Waals surface area contributed by atoms with Crippen LogP contribution in [0.3, 0.4) is 0 Å². The Hall–Kier alpha value is -4.04. The third kappa shape index (κ3) is 15.8. The van der Waals surface area contributed by atoms with Gasteiger partial charge in [0.2, 0.25) is 0 Å². The lowest BCUT2D eigenvalue weighted by molar-refractivity contribution is -0.193. The number of halogens is 9. The van der Waals surface area contributed by atoms with Gasteiger partial charge in [0.05, 0.1) is 31.1 Å². The molecule has 46 heavy (non-hydrogen) atoms. The number of likely N-dealkylation sites (tertiary alicyclic amines) is 1. The Morgan fingerprint density at radius 3 is 1.85 bits per heavy atom. The summed E-state index contributed by atoms with van der Waals surface area (Å²) in [5, 5.41) is 21.4. The highest BCUT2D eigenvalue weighted by Crippen LogP contribution is 2.32. The second-order valence-electron chi connectivity index (χ2n) is 9.31. The molecule has 0 aromatic carbocycles. The first-order valence-electron chi connectivity index (χ1n) is 12.9. The number of carbonyl (C=O) groups is 3. The fourth-order valence-corrected chi connectivity index (χ4v) is 3.90. The van der Waals surface area contributed by atoms with Crippen molar-refractivity contribution in [2.24, 2.45) is 0 Å². The summed E-state index contributed by atoms with van der Waals surface area (Å²) >= 11 is 0. The van der Waals surface area contributed by atoms with E-state index in [9.17, 15) is 39.5 Å². The number of fused-ring (bicyclic) bond motifs is 1. The SMILES string of the molecule is O=C(O)C(F)(F)F.O=C(O)C(F)(F)F.O=C(O)C(F)(F)F.c1ccc(CN2CC[C@@H]3O[C@@H](COCc4cccnc4)CC[C@@H]32)nc1. The summed E-state index contributed by atoms with van der Waals surface area (Å²) < 4.78 is 107. The minimum Gasteiger partial charge on any atom is -0.475 e. The predicted octanol–water partition coefficient (Wildman–Crippen LogP) is 4.72. The fraction of sp³-hybridized carbons (Fsp3) is 0.500. The van der Waals surface area contributed by atoms with Crippen LogP contribution in [-0.2, 0) is 37.0 Å². The van der Waals surface area contributed by atoms with Crippen molar-refractivity contribution in [2.75, 3.05) is 13.2 Å². The Morgan fingerprint density at radius 1 is 0.826 bits per heavy atom. The quantitative estimate of drug-likeness (QED) is 0.363. The molecule has 258 valence electrons. The molecular formula is C26H28F9N3O8. The zero-order chi connectivity index (χ0) is 35.1. The van der Waals surface area contributed by atoms with Crippen LogP contribution in [0.15, 0.2) is 48.9 Å². The summed E-state index contributed by atoms with van der Waals surface area (Å²) in [6, 6.07) is 10.6. The molecule has 0 bridgehead atoms. The zero-order valence-electron chi connectivity index (χ0n) is 23.4. The molecule has 2 fully saturated rings. The molecule has 0 unspecified atom stereocenters. The highest BCUT2D eigenvalue weighted by molar-refractivity contribution is 5.73. The highest BCUT2D eigenvalue weighted by Gasteiger charge is 2.41. The summed E-state index contributed by atoms with van der Waals surface area (Å²) in [4.78, 5) is 37.8. The molecule has 11 nitrogen and oxygen atoms in total. The first-order valence-corrected chi connectivity index (χ1v) is 12.9. The second kappa shape index (κ2) is 18.2. The van der Waals surface area contributed by atoms with Crippen molar-refractivity contribution < 1.29 is 78.7 Å². The number of carboxylic acids is 3. The highest BCUT2D eigenvalue weighted by atomic mass is 19.4. The molecule has 0 spiro atoms. The lowest BCUT2D eigenvalue weighted by atomic mass is 9.99. The van der Waals surface area contributed by atoms with Crippen LogP contribution < -0.4 is 0 Å². The summed E-state index contributed by atoms with van der Waals surface area (Å²) in [6.07, 6.45) is -5.84. The van der Waals surface area contributed by atoms with Crippen molar-refractivity contribution in [1.29, 1.82) is 0 Å². The molecule has 2 aromatic rings. The van der Waals surface area contributed by atoms with Crippen LogP contribution in [0.2, 0.25) is 0 Å². The van der Waals surface area contributed by atoms with Crippen molar-refractivity contribution in [2.45, 2.75) is 69.2 Å². The first-order chi connectivity index (χ1) is 21.2. The van der Waals surface area contributed by atoms with Gasteiger partial charge < -0.3 is 24.8 Å². The molecule has 3 atom stereocenters. The van der Waals surface area contributed by atoms with Crippen LogP contribution in [-0.4, -0.2) is 98.0 Å². The molecule has 3 N–H and O–H groups in total. The molecule has 2 aliphatic heterocycles. The molecule has 4 rings (SSSR count). The number of rotatable bonds is 6. The average molecular weight is 682 g/mol. The Morgan fingerprint density at radius 2 is 1.39 bits per heavy atom. The van der Waals surface area contributed by atoms with Crippen LogP contribution in [0, 0.1) is 0 Å². The largest absolute Gasteiger partial charge is 0.490 e. The van der Waals surface area contributed by atoms with E-state index in [0.29, 0.717) is 25.4 Å².